The molecule has 0 aliphatic heterocycles. The topological polar surface area (TPSA) is 21.3 Å². The Morgan fingerprint density at radius 2 is 2.05 bits per heavy atom. The summed E-state index contributed by atoms with van der Waals surface area (Å²) in [5.41, 5.74) is 0.729. The molecule has 0 heterocycles. The number of hydrogen-bond acceptors (Lipinski definition) is 2. The van der Waals surface area contributed by atoms with Crippen LogP contribution in [0.5, 0.6) is 5.75 Å². The van der Waals surface area contributed by atoms with Crippen LogP contribution in [0, 0.1) is 11.7 Å². The minimum atomic E-state index is -0.222. The zero-order valence-corrected chi connectivity index (χ0v) is 11.9. The van der Waals surface area contributed by atoms with Gasteiger partial charge < -0.3 is 10.1 Å². The van der Waals surface area contributed by atoms with Crippen LogP contribution in [0.2, 0.25) is 0 Å². The second-order valence-corrected chi connectivity index (χ2v) is 5.44. The Morgan fingerprint density at radius 1 is 1.32 bits per heavy atom. The first-order valence-corrected chi connectivity index (χ1v) is 7.26. The van der Waals surface area contributed by atoms with Gasteiger partial charge in [0.15, 0.2) is 11.6 Å². The van der Waals surface area contributed by atoms with E-state index >= 15 is 0 Å². The number of rotatable bonds is 5. The quantitative estimate of drug-likeness (QED) is 0.866. The van der Waals surface area contributed by atoms with E-state index < -0.39 is 0 Å². The molecule has 1 unspecified atom stereocenters. The number of halogens is 1. The fraction of sp³-hybridized carbons (Fsp3) is 0.625. The molecule has 0 spiro atoms. The van der Waals surface area contributed by atoms with Gasteiger partial charge in [0, 0.05) is 11.6 Å². The van der Waals surface area contributed by atoms with Crippen LogP contribution in [-0.4, -0.2) is 14.2 Å². The summed E-state index contributed by atoms with van der Waals surface area (Å²) in [6.45, 7) is 0. The van der Waals surface area contributed by atoms with Crippen molar-refractivity contribution in [2.24, 2.45) is 5.92 Å². The van der Waals surface area contributed by atoms with Crippen molar-refractivity contribution < 1.29 is 9.13 Å². The maximum absolute atomic E-state index is 14.3. The first-order valence-electron chi connectivity index (χ1n) is 7.26. The first-order chi connectivity index (χ1) is 9.26. The van der Waals surface area contributed by atoms with Crippen molar-refractivity contribution in [2.75, 3.05) is 14.2 Å². The van der Waals surface area contributed by atoms with Gasteiger partial charge in [-0.2, -0.15) is 0 Å². The fourth-order valence-corrected chi connectivity index (χ4v) is 3.11. The summed E-state index contributed by atoms with van der Waals surface area (Å²) in [6.07, 6.45) is 7.58. The summed E-state index contributed by atoms with van der Waals surface area (Å²) in [7, 11) is 3.42. The van der Waals surface area contributed by atoms with Gasteiger partial charge in [-0.1, -0.05) is 44.2 Å². The Hall–Kier alpha value is -1.09. The molecule has 2 rings (SSSR count). The van der Waals surface area contributed by atoms with Crippen molar-refractivity contribution in [3.63, 3.8) is 0 Å². The van der Waals surface area contributed by atoms with Gasteiger partial charge in [0.1, 0.15) is 0 Å². The highest BCUT2D eigenvalue weighted by Crippen LogP contribution is 2.34. The monoisotopic (exact) mass is 265 g/mol. The van der Waals surface area contributed by atoms with Gasteiger partial charge in [-0.3, -0.25) is 0 Å². The molecule has 1 fully saturated rings. The molecule has 0 bridgehead atoms. The maximum atomic E-state index is 14.3. The van der Waals surface area contributed by atoms with Crippen molar-refractivity contribution >= 4 is 0 Å². The normalized spacial score (nSPS) is 18.3. The van der Waals surface area contributed by atoms with Crippen molar-refractivity contribution in [1.82, 2.24) is 5.32 Å². The number of nitrogens with one attached hydrogen (secondary N) is 1. The highest BCUT2D eigenvalue weighted by molar-refractivity contribution is 5.33. The third-order valence-electron chi connectivity index (χ3n) is 4.23. The van der Waals surface area contributed by atoms with Gasteiger partial charge in [-0.05, 0) is 25.5 Å². The lowest BCUT2D eigenvalue weighted by atomic mass is 9.83. The summed E-state index contributed by atoms with van der Waals surface area (Å²) < 4.78 is 19.4. The van der Waals surface area contributed by atoms with Gasteiger partial charge in [0.05, 0.1) is 7.11 Å². The Bertz CT molecular complexity index is 402. The highest BCUT2D eigenvalue weighted by atomic mass is 19.1. The highest BCUT2D eigenvalue weighted by Gasteiger charge is 2.22. The van der Waals surface area contributed by atoms with E-state index in [0.29, 0.717) is 5.75 Å². The second kappa shape index (κ2) is 6.90. The van der Waals surface area contributed by atoms with E-state index in [-0.39, 0.29) is 11.9 Å². The number of methoxy groups -OCH3 is 1. The van der Waals surface area contributed by atoms with Crippen molar-refractivity contribution in [3.05, 3.63) is 29.6 Å². The van der Waals surface area contributed by atoms with Crippen LogP contribution < -0.4 is 10.1 Å². The SMILES string of the molecule is CNC(CC1CCCCC1)c1cccc(OC)c1F. The number of benzene rings is 1. The molecule has 1 saturated carbocycles. The molecule has 1 N–H and O–H groups in total. The zero-order valence-electron chi connectivity index (χ0n) is 11.9. The summed E-state index contributed by atoms with van der Waals surface area (Å²) in [4.78, 5) is 0. The van der Waals surface area contributed by atoms with E-state index in [4.69, 9.17) is 4.74 Å². The molecule has 2 nitrogen and oxygen atoms in total. The molecule has 3 heteroatoms. The third-order valence-corrected chi connectivity index (χ3v) is 4.23. The lowest BCUT2D eigenvalue weighted by Gasteiger charge is -2.27. The maximum Gasteiger partial charge on any atom is 0.169 e. The molecule has 1 aromatic rings. The zero-order chi connectivity index (χ0) is 13.7. The van der Waals surface area contributed by atoms with Crippen molar-refractivity contribution in [3.8, 4) is 5.75 Å². The minimum absolute atomic E-state index is 0.0817. The number of ether oxygens (including phenoxy) is 1. The van der Waals surface area contributed by atoms with Crippen LogP contribution in [0.4, 0.5) is 4.39 Å². The predicted octanol–water partition coefficient (Wildman–Crippen LogP) is 4.07. The van der Waals surface area contributed by atoms with E-state index in [1.807, 2.05) is 19.2 Å². The molecular formula is C16H24FNO. The van der Waals surface area contributed by atoms with Gasteiger partial charge >= 0.3 is 0 Å². The van der Waals surface area contributed by atoms with Crippen molar-refractivity contribution in [2.45, 2.75) is 44.6 Å². The molecule has 106 valence electrons. The Labute approximate surface area is 115 Å². The van der Waals surface area contributed by atoms with Crippen LogP contribution in [-0.2, 0) is 0 Å². The molecule has 1 aliphatic carbocycles. The molecule has 1 atom stereocenters. The summed E-state index contributed by atoms with van der Waals surface area (Å²) >= 11 is 0. The summed E-state index contributed by atoms with van der Waals surface area (Å²) in [6, 6.07) is 5.48. The van der Waals surface area contributed by atoms with E-state index in [2.05, 4.69) is 5.32 Å². The summed E-state index contributed by atoms with van der Waals surface area (Å²) in [5.74, 6) is 0.832. The Balaban J connectivity index is 2.12. The average Bonchev–Trinajstić information content (AvgIpc) is 2.46. The van der Waals surface area contributed by atoms with Gasteiger partial charge in [-0.15, -0.1) is 0 Å². The lowest BCUT2D eigenvalue weighted by molar-refractivity contribution is 0.301. The average molecular weight is 265 g/mol. The van der Waals surface area contributed by atoms with Gasteiger partial charge in [0.2, 0.25) is 0 Å². The van der Waals surface area contributed by atoms with Crippen molar-refractivity contribution in [1.29, 1.82) is 0 Å². The van der Waals surface area contributed by atoms with Crippen LogP contribution in [0.25, 0.3) is 0 Å². The standard InChI is InChI=1S/C16H24FNO/c1-18-14(11-12-7-4-3-5-8-12)13-9-6-10-15(19-2)16(13)17/h6,9-10,12,14,18H,3-5,7-8,11H2,1-2H3. The molecule has 0 aromatic heterocycles. The molecule has 0 amide bonds. The largest absolute Gasteiger partial charge is 0.494 e. The van der Waals surface area contributed by atoms with E-state index in [0.717, 1.165) is 17.9 Å². The van der Waals surface area contributed by atoms with Crippen LogP contribution in [0.3, 0.4) is 0 Å². The Kier molecular flexibility index (Phi) is 5.20. The van der Waals surface area contributed by atoms with Crippen LogP contribution in [0.15, 0.2) is 18.2 Å². The molecule has 1 aliphatic rings. The fourth-order valence-electron chi connectivity index (χ4n) is 3.11. The van der Waals surface area contributed by atoms with E-state index in [9.17, 15) is 4.39 Å². The predicted molar refractivity (Wildman–Crippen MR) is 75.9 cm³/mol. The van der Waals surface area contributed by atoms with Crippen LogP contribution in [0.1, 0.15) is 50.1 Å². The van der Waals surface area contributed by atoms with E-state index in [1.54, 1.807) is 6.07 Å². The van der Waals surface area contributed by atoms with Gasteiger partial charge in [-0.25, -0.2) is 4.39 Å². The van der Waals surface area contributed by atoms with Gasteiger partial charge in [0.25, 0.3) is 0 Å². The molecule has 0 radical (unpaired) electrons. The van der Waals surface area contributed by atoms with E-state index in [1.165, 1.54) is 39.2 Å². The minimum Gasteiger partial charge on any atom is -0.494 e. The lowest BCUT2D eigenvalue weighted by Crippen LogP contribution is -2.22. The molecule has 0 saturated heterocycles. The van der Waals surface area contributed by atoms with Crippen LogP contribution >= 0.6 is 0 Å². The molecule has 19 heavy (non-hydrogen) atoms. The molecular weight excluding hydrogens is 241 g/mol. The first kappa shape index (κ1) is 14.3. The third kappa shape index (κ3) is 3.47. The summed E-state index contributed by atoms with van der Waals surface area (Å²) in [5, 5.41) is 3.26. The Morgan fingerprint density at radius 3 is 2.68 bits per heavy atom. The molecule has 1 aromatic carbocycles. The second-order valence-electron chi connectivity index (χ2n) is 5.44. The number of hydrogen-bond donors (Lipinski definition) is 1. The smallest absolute Gasteiger partial charge is 0.169 e.